The van der Waals surface area contributed by atoms with Crippen molar-refractivity contribution in [1.82, 2.24) is 4.90 Å². The average Bonchev–Trinajstić information content (AvgIpc) is 2.87. The van der Waals surface area contributed by atoms with E-state index in [-0.39, 0.29) is 11.5 Å². The van der Waals surface area contributed by atoms with Gasteiger partial charge in [0.2, 0.25) is 0 Å². The van der Waals surface area contributed by atoms with Crippen molar-refractivity contribution in [3.63, 3.8) is 0 Å². The summed E-state index contributed by atoms with van der Waals surface area (Å²) in [6, 6.07) is 1.14. The molecule has 2 rings (SSSR count). The van der Waals surface area contributed by atoms with Crippen molar-refractivity contribution >= 4 is 0 Å². The lowest BCUT2D eigenvalue weighted by molar-refractivity contribution is -0.00541. The molecular formula is C16H31NO. The van der Waals surface area contributed by atoms with Crippen LogP contribution in [0.5, 0.6) is 0 Å². The molecule has 2 fully saturated rings. The monoisotopic (exact) mass is 253 g/mol. The van der Waals surface area contributed by atoms with Gasteiger partial charge in [-0.1, -0.05) is 40.5 Å². The molecule has 0 aromatic rings. The number of nitrogens with zero attached hydrogens (tertiary/aromatic N) is 1. The Morgan fingerprint density at radius 1 is 1.17 bits per heavy atom. The third-order valence-corrected chi connectivity index (χ3v) is 5.05. The predicted molar refractivity (Wildman–Crippen MR) is 76.6 cm³/mol. The Balaban J connectivity index is 2.08. The Hall–Kier alpha value is -0.0800. The zero-order valence-electron chi connectivity index (χ0n) is 12.7. The number of aliphatic hydroxyl groups excluding tert-OH is 1. The van der Waals surface area contributed by atoms with Crippen LogP contribution in [0.3, 0.4) is 0 Å². The van der Waals surface area contributed by atoms with Crippen LogP contribution in [0.25, 0.3) is 0 Å². The number of hydrogen-bond donors (Lipinski definition) is 1. The molecule has 18 heavy (non-hydrogen) atoms. The maximum atomic E-state index is 10.6. The van der Waals surface area contributed by atoms with Crippen molar-refractivity contribution in [2.24, 2.45) is 11.3 Å². The first-order valence-electron chi connectivity index (χ1n) is 7.85. The summed E-state index contributed by atoms with van der Waals surface area (Å²) >= 11 is 0. The summed E-state index contributed by atoms with van der Waals surface area (Å²) in [7, 11) is 0. The molecule has 2 aliphatic rings. The van der Waals surface area contributed by atoms with Gasteiger partial charge in [0.25, 0.3) is 0 Å². The molecule has 106 valence electrons. The molecule has 0 amide bonds. The summed E-state index contributed by atoms with van der Waals surface area (Å²) < 4.78 is 0. The van der Waals surface area contributed by atoms with Crippen LogP contribution in [-0.2, 0) is 0 Å². The average molecular weight is 253 g/mol. The minimum atomic E-state index is -0.142. The molecule has 0 bridgehead atoms. The summed E-state index contributed by atoms with van der Waals surface area (Å²) in [5.41, 5.74) is 0.110. The van der Waals surface area contributed by atoms with E-state index in [9.17, 15) is 5.11 Å². The van der Waals surface area contributed by atoms with Crippen molar-refractivity contribution < 1.29 is 5.11 Å². The fraction of sp³-hybridized carbons (Fsp3) is 1.00. The van der Waals surface area contributed by atoms with Gasteiger partial charge in [-0.05, 0) is 37.0 Å². The molecule has 2 saturated carbocycles. The molecule has 0 radical (unpaired) electrons. The summed E-state index contributed by atoms with van der Waals surface area (Å²) in [5, 5.41) is 10.6. The fourth-order valence-electron chi connectivity index (χ4n) is 3.91. The smallest absolute Gasteiger partial charge is 0.0746 e. The van der Waals surface area contributed by atoms with E-state index in [0.717, 1.165) is 12.6 Å². The lowest BCUT2D eigenvalue weighted by Gasteiger charge is -2.39. The number of rotatable bonds is 4. The zero-order valence-corrected chi connectivity index (χ0v) is 12.7. The van der Waals surface area contributed by atoms with E-state index in [1.165, 1.54) is 38.5 Å². The van der Waals surface area contributed by atoms with Gasteiger partial charge in [0.05, 0.1) is 6.10 Å². The van der Waals surface area contributed by atoms with Crippen LogP contribution < -0.4 is 0 Å². The van der Waals surface area contributed by atoms with Gasteiger partial charge in [-0.25, -0.2) is 0 Å². The molecule has 2 unspecified atom stereocenters. The highest BCUT2D eigenvalue weighted by Crippen LogP contribution is 2.42. The van der Waals surface area contributed by atoms with Crippen molar-refractivity contribution in [1.29, 1.82) is 0 Å². The van der Waals surface area contributed by atoms with E-state index >= 15 is 0 Å². The van der Waals surface area contributed by atoms with Crippen molar-refractivity contribution in [2.75, 3.05) is 6.54 Å². The molecular weight excluding hydrogens is 222 g/mol. The summed E-state index contributed by atoms with van der Waals surface area (Å²) in [6.45, 7) is 10.2. The summed E-state index contributed by atoms with van der Waals surface area (Å²) in [5.74, 6) is 0.696. The fourth-order valence-corrected chi connectivity index (χ4v) is 3.91. The third-order valence-electron chi connectivity index (χ3n) is 5.05. The Morgan fingerprint density at radius 2 is 1.78 bits per heavy atom. The highest BCUT2D eigenvalue weighted by molar-refractivity contribution is 4.98. The second-order valence-electron chi connectivity index (χ2n) is 7.57. The number of aliphatic hydroxyl groups is 1. The lowest BCUT2D eigenvalue weighted by atomic mass is 9.88. The van der Waals surface area contributed by atoms with Crippen LogP contribution in [0.15, 0.2) is 0 Å². The van der Waals surface area contributed by atoms with Gasteiger partial charge in [0.1, 0.15) is 0 Å². The first-order valence-corrected chi connectivity index (χ1v) is 7.85. The Bertz CT molecular complexity index is 268. The summed E-state index contributed by atoms with van der Waals surface area (Å²) in [6.07, 6.45) is 7.65. The van der Waals surface area contributed by atoms with E-state index in [1.807, 2.05) is 0 Å². The molecule has 2 heteroatoms. The number of hydrogen-bond acceptors (Lipinski definition) is 2. The van der Waals surface area contributed by atoms with E-state index in [2.05, 4.69) is 32.6 Å². The van der Waals surface area contributed by atoms with Crippen molar-refractivity contribution in [3.8, 4) is 0 Å². The van der Waals surface area contributed by atoms with Crippen LogP contribution >= 0.6 is 0 Å². The van der Waals surface area contributed by atoms with Gasteiger partial charge in [0, 0.05) is 18.6 Å². The van der Waals surface area contributed by atoms with Gasteiger partial charge in [-0.3, -0.25) is 4.90 Å². The third kappa shape index (κ3) is 2.91. The SMILES string of the molecule is CC(C)CN(C1CCCC1)C1CCC(C)(C)C1O. The molecule has 0 aromatic carbocycles. The van der Waals surface area contributed by atoms with E-state index in [0.29, 0.717) is 12.0 Å². The van der Waals surface area contributed by atoms with E-state index in [4.69, 9.17) is 0 Å². The Morgan fingerprint density at radius 3 is 2.22 bits per heavy atom. The largest absolute Gasteiger partial charge is 0.391 e. The molecule has 2 aliphatic carbocycles. The molecule has 2 atom stereocenters. The maximum Gasteiger partial charge on any atom is 0.0746 e. The molecule has 0 heterocycles. The normalized spacial score (nSPS) is 32.8. The lowest BCUT2D eigenvalue weighted by Crippen LogP contribution is -2.49. The first-order chi connectivity index (χ1) is 8.42. The molecule has 0 saturated heterocycles. The van der Waals surface area contributed by atoms with Crippen LogP contribution in [-0.4, -0.2) is 34.7 Å². The molecule has 0 aromatic heterocycles. The van der Waals surface area contributed by atoms with Crippen LogP contribution in [0.4, 0.5) is 0 Å². The molecule has 0 spiro atoms. The van der Waals surface area contributed by atoms with E-state index in [1.54, 1.807) is 0 Å². The van der Waals surface area contributed by atoms with Crippen molar-refractivity contribution in [2.45, 2.75) is 84.4 Å². The molecule has 2 nitrogen and oxygen atoms in total. The highest BCUT2D eigenvalue weighted by atomic mass is 16.3. The molecule has 0 aliphatic heterocycles. The Kier molecular flexibility index (Phi) is 4.38. The summed E-state index contributed by atoms with van der Waals surface area (Å²) in [4.78, 5) is 2.66. The first kappa shape index (κ1) is 14.3. The van der Waals surface area contributed by atoms with Gasteiger partial charge in [0.15, 0.2) is 0 Å². The molecule has 1 N–H and O–H groups in total. The highest BCUT2D eigenvalue weighted by Gasteiger charge is 2.45. The minimum Gasteiger partial charge on any atom is -0.391 e. The van der Waals surface area contributed by atoms with Crippen molar-refractivity contribution in [3.05, 3.63) is 0 Å². The van der Waals surface area contributed by atoms with Crippen LogP contribution in [0.2, 0.25) is 0 Å². The van der Waals surface area contributed by atoms with Gasteiger partial charge in [-0.15, -0.1) is 0 Å². The standard InChI is InChI=1S/C16H31NO/c1-12(2)11-17(13-7-5-6-8-13)14-9-10-16(3,4)15(14)18/h12-15,18H,5-11H2,1-4H3. The zero-order chi connectivity index (χ0) is 13.3. The van der Waals surface area contributed by atoms with Gasteiger partial charge in [-0.2, -0.15) is 0 Å². The second kappa shape index (κ2) is 5.50. The van der Waals surface area contributed by atoms with E-state index < -0.39 is 0 Å². The topological polar surface area (TPSA) is 23.5 Å². The Labute approximate surface area is 113 Å². The second-order valence-corrected chi connectivity index (χ2v) is 7.57. The minimum absolute atomic E-state index is 0.110. The van der Waals surface area contributed by atoms with Crippen LogP contribution in [0, 0.1) is 11.3 Å². The van der Waals surface area contributed by atoms with Gasteiger partial charge >= 0.3 is 0 Å². The van der Waals surface area contributed by atoms with Gasteiger partial charge < -0.3 is 5.11 Å². The predicted octanol–water partition coefficient (Wildman–Crippen LogP) is 3.44. The quantitative estimate of drug-likeness (QED) is 0.829. The maximum absolute atomic E-state index is 10.6. The van der Waals surface area contributed by atoms with Crippen LogP contribution in [0.1, 0.15) is 66.2 Å².